The molecule has 18 heavy (non-hydrogen) atoms. The highest BCUT2D eigenvalue weighted by Crippen LogP contribution is 2.46. The lowest BCUT2D eigenvalue weighted by Gasteiger charge is -2.40. The van der Waals surface area contributed by atoms with Gasteiger partial charge in [0.25, 0.3) is 0 Å². The van der Waals surface area contributed by atoms with Gasteiger partial charge in [0, 0.05) is 0 Å². The Balaban J connectivity index is 3.06. The normalized spacial score (nSPS) is 15.7. The summed E-state index contributed by atoms with van der Waals surface area (Å²) in [6.45, 7) is 14.3. The van der Waals surface area contributed by atoms with Crippen LogP contribution in [0.25, 0.3) is 0 Å². The second-order valence-corrected chi connectivity index (χ2v) is 6.72. The first-order valence-electron chi connectivity index (χ1n) is 7.44. The van der Waals surface area contributed by atoms with E-state index in [2.05, 4.69) is 71.9 Å². The highest BCUT2D eigenvalue weighted by atomic mass is 14.4. The van der Waals surface area contributed by atoms with Crippen LogP contribution in [0.4, 0.5) is 0 Å². The Hall–Kier alpha value is -0.780. The van der Waals surface area contributed by atoms with Gasteiger partial charge in [-0.1, -0.05) is 78.3 Å². The van der Waals surface area contributed by atoms with E-state index < -0.39 is 0 Å². The summed E-state index contributed by atoms with van der Waals surface area (Å²) >= 11 is 0. The average molecular weight is 246 g/mol. The van der Waals surface area contributed by atoms with E-state index in [0.29, 0.717) is 11.3 Å². The second kappa shape index (κ2) is 6.41. The third kappa shape index (κ3) is 3.60. The standard InChI is InChI=1S/C18H30/c1-7-15(4)18(5,6)17(13-14(2)3)16-11-9-8-10-12-16/h8-12,14-15,17H,7,13H2,1-6H3. The molecule has 2 unspecified atom stereocenters. The lowest BCUT2D eigenvalue weighted by Crippen LogP contribution is -2.30. The van der Waals surface area contributed by atoms with Crippen molar-refractivity contribution in [2.24, 2.45) is 17.3 Å². The molecular formula is C18H30. The number of benzene rings is 1. The maximum Gasteiger partial charge on any atom is -0.0106 e. The van der Waals surface area contributed by atoms with Crippen LogP contribution in [0.3, 0.4) is 0 Å². The van der Waals surface area contributed by atoms with Crippen LogP contribution in [0, 0.1) is 17.3 Å². The number of rotatable bonds is 6. The van der Waals surface area contributed by atoms with Gasteiger partial charge in [-0.2, -0.15) is 0 Å². The molecule has 0 nitrogen and oxygen atoms in total. The Morgan fingerprint density at radius 2 is 1.56 bits per heavy atom. The molecule has 0 bridgehead atoms. The first-order valence-corrected chi connectivity index (χ1v) is 7.44. The second-order valence-electron chi connectivity index (χ2n) is 6.72. The van der Waals surface area contributed by atoms with Gasteiger partial charge in [-0.3, -0.25) is 0 Å². The molecule has 0 aromatic heterocycles. The average Bonchev–Trinajstić information content (AvgIpc) is 2.35. The molecular weight excluding hydrogens is 216 g/mol. The molecule has 1 aromatic carbocycles. The Kier molecular flexibility index (Phi) is 5.44. The van der Waals surface area contributed by atoms with Gasteiger partial charge in [-0.15, -0.1) is 0 Å². The number of hydrogen-bond donors (Lipinski definition) is 0. The zero-order valence-electron chi connectivity index (χ0n) is 13.0. The van der Waals surface area contributed by atoms with Gasteiger partial charge in [0.15, 0.2) is 0 Å². The molecule has 0 aliphatic rings. The highest BCUT2D eigenvalue weighted by molar-refractivity contribution is 5.22. The molecule has 1 rings (SSSR count). The minimum atomic E-state index is 0.361. The van der Waals surface area contributed by atoms with Crippen molar-refractivity contribution in [3.63, 3.8) is 0 Å². The molecule has 0 N–H and O–H groups in total. The molecule has 0 spiro atoms. The summed E-state index contributed by atoms with van der Waals surface area (Å²) in [7, 11) is 0. The molecule has 0 saturated carbocycles. The summed E-state index contributed by atoms with van der Waals surface area (Å²) in [5.41, 5.74) is 1.87. The summed E-state index contributed by atoms with van der Waals surface area (Å²) in [6, 6.07) is 11.1. The molecule has 102 valence electrons. The van der Waals surface area contributed by atoms with Gasteiger partial charge in [0.1, 0.15) is 0 Å². The zero-order valence-corrected chi connectivity index (χ0v) is 13.0. The molecule has 1 aromatic rings. The largest absolute Gasteiger partial charge is 0.0651 e. The smallest absolute Gasteiger partial charge is 0.0106 e. The lowest BCUT2D eigenvalue weighted by atomic mass is 9.64. The molecule has 2 atom stereocenters. The third-order valence-corrected chi connectivity index (χ3v) is 4.69. The summed E-state index contributed by atoms with van der Waals surface area (Å²) in [6.07, 6.45) is 2.54. The molecule has 0 amide bonds. The predicted molar refractivity (Wildman–Crippen MR) is 81.9 cm³/mol. The van der Waals surface area contributed by atoms with Crippen LogP contribution in [0.5, 0.6) is 0 Å². The Labute approximate surface area is 114 Å². The maximum absolute atomic E-state index is 2.45. The summed E-state index contributed by atoms with van der Waals surface area (Å²) in [5, 5.41) is 0. The van der Waals surface area contributed by atoms with Gasteiger partial charge in [-0.05, 0) is 35.2 Å². The van der Waals surface area contributed by atoms with E-state index in [1.807, 2.05) is 0 Å². The van der Waals surface area contributed by atoms with Crippen molar-refractivity contribution in [2.75, 3.05) is 0 Å². The molecule has 0 heterocycles. The molecule has 0 radical (unpaired) electrons. The van der Waals surface area contributed by atoms with E-state index in [9.17, 15) is 0 Å². The SMILES string of the molecule is CCC(C)C(C)(C)C(CC(C)C)c1ccccc1. The van der Waals surface area contributed by atoms with E-state index in [1.165, 1.54) is 18.4 Å². The highest BCUT2D eigenvalue weighted by Gasteiger charge is 2.35. The van der Waals surface area contributed by atoms with Gasteiger partial charge in [-0.25, -0.2) is 0 Å². The monoisotopic (exact) mass is 246 g/mol. The van der Waals surface area contributed by atoms with Crippen LogP contribution < -0.4 is 0 Å². The fraction of sp³-hybridized carbons (Fsp3) is 0.667. The van der Waals surface area contributed by atoms with Crippen LogP contribution in [-0.4, -0.2) is 0 Å². The minimum absolute atomic E-state index is 0.361. The van der Waals surface area contributed by atoms with Crippen LogP contribution in [0.1, 0.15) is 65.9 Å². The Morgan fingerprint density at radius 1 is 1.00 bits per heavy atom. The Bertz CT molecular complexity index is 334. The van der Waals surface area contributed by atoms with E-state index in [-0.39, 0.29) is 0 Å². The van der Waals surface area contributed by atoms with Crippen molar-refractivity contribution in [1.29, 1.82) is 0 Å². The van der Waals surface area contributed by atoms with Gasteiger partial charge in [0.2, 0.25) is 0 Å². The van der Waals surface area contributed by atoms with Crippen molar-refractivity contribution in [1.82, 2.24) is 0 Å². The van der Waals surface area contributed by atoms with Crippen LogP contribution in [0.2, 0.25) is 0 Å². The van der Waals surface area contributed by atoms with E-state index in [0.717, 1.165) is 11.8 Å². The maximum atomic E-state index is 2.45. The summed E-state index contributed by atoms with van der Waals surface area (Å²) in [4.78, 5) is 0. The summed E-state index contributed by atoms with van der Waals surface area (Å²) < 4.78 is 0. The van der Waals surface area contributed by atoms with E-state index >= 15 is 0 Å². The predicted octanol–water partition coefficient (Wildman–Crippen LogP) is 5.89. The fourth-order valence-corrected chi connectivity index (χ4v) is 2.90. The molecule has 0 aliphatic heterocycles. The van der Waals surface area contributed by atoms with Crippen LogP contribution in [0.15, 0.2) is 30.3 Å². The van der Waals surface area contributed by atoms with Crippen LogP contribution >= 0.6 is 0 Å². The van der Waals surface area contributed by atoms with Crippen LogP contribution in [-0.2, 0) is 0 Å². The summed E-state index contributed by atoms with van der Waals surface area (Å²) in [5.74, 6) is 2.16. The molecule has 0 saturated heterocycles. The van der Waals surface area contributed by atoms with Crippen molar-refractivity contribution in [3.8, 4) is 0 Å². The van der Waals surface area contributed by atoms with Crippen molar-refractivity contribution in [2.45, 2.75) is 60.3 Å². The van der Waals surface area contributed by atoms with Crippen molar-refractivity contribution >= 4 is 0 Å². The van der Waals surface area contributed by atoms with Crippen molar-refractivity contribution in [3.05, 3.63) is 35.9 Å². The van der Waals surface area contributed by atoms with Gasteiger partial charge in [0.05, 0.1) is 0 Å². The molecule has 0 heteroatoms. The number of hydrogen-bond acceptors (Lipinski definition) is 0. The fourth-order valence-electron chi connectivity index (χ4n) is 2.90. The van der Waals surface area contributed by atoms with Crippen molar-refractivity contribution < 1.29 is 0 Å². The first-order chi connectivity index (χ1) is 8.39. The van der Waals surface area contributed by atoms with Gasteiger partial charge < -0.3 is 0 Å². The topological polar surface area (TPSA) is 0 Å². The zero-order chi connectivity index (χ0) is 13.8. The molecule has 0 fully saturated rings. The third-order valence-electron chi connectivity index (χ3n) is 4.69. The quantitative estimate of drug-likeness (QED) is 0.587. The van der Waals surface area contributed by atoms with E-state index in [1.54, 1.807) is 0 Å². The first kappa shape index (κ1) is 15.3. The Morgan fingerprint density at radius 3 is 2.00 bits per heavy atom. The molecule has 0 aliphatic carbocycles. The minimum Gasteiger partial charge on any atom is -0.0651 e. The lowest BCUT2D eigenvalue weighted by molar-refractivity contribution is 0.156. The van der Waals surface area contributed by atoms with E-state index in [4.69, 9.17) is 0 Å². The van der Waals surface area contributed by atoms with Gasteiger partial charge >= 0.3 is 0 Å².